The molecule has 98 valence electrons. The van der Waals surface area contributed by atoms with Gasteiger partial charge in [0.1, 0.15) is 5.82 Å². The lowest BCUT2D eigenvalue weighted by atomic mass is 10.1. The van der Waals surface area contributed by atoms with Crippen LogP contribution in [0.1, 0.15) is 11.1 Å². The van der Waals surface area contributed by atoms with Gasteiger partial charge in [0.15, 0.2) is 0 Å². The van der Waals surface area contributed by atoms with E-state index in [-0.39, 0.29) is 18.0 Å². The van der Waals surface area contributed by atoms with E-state index < -0.39 is 5.82 Å². The highest BCUT2D eigenvalue weighted by atomic mass is 35.5. The summed E-state index contributed by atoms with van der Waals surface area (Å²) >= 11 is 5.65. The number of amides is 1. The van der Waals surface area contributed by atoms with Gasteiger partial charge in [0.25, 0.3) is 0 Å². The maximum atomic E-state index is 13.5. The smallest absolute Gasteiger partial charge is 0.228 e. The molecule has 4 heteroatoms. The number of anilines is 1. The third kappa shape index (κ3) is 3.55. The zero-order valence-corrected chi connectivity index (χ0v) is 11.2. The lowest BCUT2D eigenvalue weighted by Gasteiger charge is -2.08. The van der Waals surface area contributed by atoms with Crippen LogP contribution in [0, 0.1) is 12.7 Å². The van der Waals surface area contributed by atoms with E-state index >= 15 is 0 Å². The van der Waals surface area contributed by atoms with E-state index in [1.54, 1.807) is 0 Å². The van der Waals surface area contributed by atoms with E-state index in [2.05, 4.69) is 5.32 Å². The highest BCUT2D eigenvalue weighted by molar-refractivity contribution is 6.30. The van der Waals surface area contributed by atoms with Gasteiger partial charge in [0.05, 0.1) is 12.1 Å². The van der Waals surface area contributed by atoms with E-state index in [9.17, 15) is 9.18 Å². The van der Waals surface area contributed by atoms with Gasteiger partial charge in [-0.05, 0) is 36.2 Å². The van der Waals surface area contributed by atoms with Gasteiger partial charge in [-0.3, -0.25) is 4.79 Å². The monoisotopic (exact) mass is 277 g/mol. The number of aryl methyl sites for hydroxylation is 1. The van der Waals surface area contributed by atoms with Gasteiger partial charge >= 0.3 is 0 Å². The topological polar surface area (TPSA) is 29.1 Å². The number of rotatable bonds is 3. The molecule has 0 aliphatic carbocycles. The summed E-state index contributed by atoms with van der Waals surface area (Å²) in [6.45, 7) is 1.94. The molecule has 0 aromatic heterocycles. The van der Waals surface area contributed by atoms with Gasteiger partial charge in [-0.15, -0.1) is 0 Å². The summed E-state index contributed by atoms with van der Waals surface area (Å²) in [5.74, 6) is -0.791. The molecule has 0 atom stereocenters. The van der Waals surface area contributed by atoms with Gasteiger partial charge < -0.3 is 5.32 Å². The Kier molecular flexibility index (Phi) is 4.17. The molecule has 0 aliphatic rings. The number of hydrogen-bond donors (Lipinski definition) is 1. The molecule has 19 heavy (non-hydrogen) atoms. The molecule has 0 spiro atoms. The minimum absolute atomic E-state index is 0.142. The summed E-state index contributed by atoms with van der Waals surface area (Å²) in [5.41, 5.74) is 2.10. The van der Waals surface area contributed by atoms with E-state index in [0.29, 0.717) is 5.02 Å². The van der Waals surface area contributed by atoms with E-state index in [1.807, 2.05) is 31.2 Å². The molecule has 0 bridgehead atoms. The number of carbonyl (C=O) groups is 1. The average molecular weight is 278 g/mol. The molecule has 0 radical (unpaired) electrons. The van der Waals surface area contributed by atoms with Gasteiger partial charge in [-0.25, -0.2) is 4.39 Å². The van der Waals surface area contributed by atoms with Gasteiger partial charge in [-0.1, -0.05) is 35.9 Å². The minimum atomic E-state index is -0.536. The van der Waals surface area contributed by atoms with Crippen LogP contribution in [0.4, 0.5) is 10.1 Å². The van der Waals surface area contributed by atoms with Crippen LogP contribution in [0.25, 0.3) is 0 Å². The normalized spacial score (nSPS) is 10.3. The molecule has 1 N–H and O–H groups in total. The van der Waals surface area contributed by atoms with Crippen LogP contribution in [-0.4, -0.2) is 5.91 Å². The maximum absolute atomic E-state index is 13.5. The number of carbonyl (C=O) groups excluding carboxylic acids is 1. The largest absolute Gasteiger partial charge is 0.323 e. The Morgan fingerprint density at radius 3 is 2.68 bits per heavy atom. The number of nitrogens with one attached hydrogen (secondary N) is 1. The molecule has 2 aromatic carbocycles. The Morgan fingerprint density at radius 2 is 2.00 bits per heavy atom. The Labute approximate surface area is 116 Å². The van der Waals surface area contributed by atoms with Crippen LogP contribution in [0.15, 0.2) is 42.5 Å². The van der Waals surface area contributed by atoms with Crippen molar-refractivity contribution in [2.45, 2.75) is 13.3 Å². The van der Waals surface area contributed by atoms with Gasteiger partial charge in [-0.2, -0.15) is 0 Å². The third-order valence-electron chi connectivity index (χ3n) is 2.82. The summed E-state index contributed by atoms with van der Waals surface area (Å²) in [6, 6.07) is 11.8. The Bertz CT molecular complexity index is 613. The lowest BCUT2D eigenvalue weighted by Crippen LogP contribution is -2.15. The molecule has 2 aromatic rings. The standard InChI is InChI=1S/C15H13ClFNO/c1-10-4-2-3-5-11(10)8-15(19)18-14-7-6-12(16)9-13(14)17/h2-7,9H,8H2,1H3,(H,18,19). The number of benzene rings is 2. The van der Waals surface area contributed by atoms with Crippen molar-refractivity contribution in [1.82, 2.24) is 0 Å². The van der Waals surface area contributed by atoms with Crippen molar-refractivity contribution in [1.29, 1.82) is 0 Å². The fraction of sp³-hybridized carbons (Fsp3) is 0.133. The quantitative estimate of drug-likeness (QED) is 0.904. The fourth-order valence-electron chi connectivity index (χ4n) is 1.77. The van der Waals surface area contributed by atoms with Crippen molar-refractivity contribution in [2.24, 2.45) is 0 Å². The first kappa shape index (κ1) is 13.6. The van der Waals surface area contributed by atoms with E-state index in [0.717, 1.165) is 11.1 Å². The first-order chi connectivity index (χ1) is 9.06. The zero-order valence-electron chi connectivity index (χ0n) is 10.4. The van der Waals surface area contributed by atoms with Crippen LogP contribution in [0.5, 0.6) is 0 Å². The Hall–Kier alpha value is -1.87. The van der Waals surface area contributed by atoms with Gasteiger partial charge in [0.2, 0.25) is 5.91 Å². The van der Waals surface area contributed by atoms with Crippen molar-refractivity contribution in [3.63, 3.8) is 0 Å². The SMILES string of the molecule is Cc1ccccc1CC(=O)Nc1ccc(Cl)cc1F. The van der Waals surface area contributed by atoms with Gasteiger partial charge in [0, 0.05) is 5.02 Å². The highest BCUT2D eigenvalue weighted by Gasteiger charge is 2.09. The summed E-state index contributed by atoms with van der Waals surface area (Å²) in [7, 11) is 0. The van der Waals surface area contributed by atoms with Crippen LogP contribution in [0.3, 0.4) is 0 Å². The molecule has 0 unspecified atom stereocenters. The van der Waals surface area contributed by atoms with Crippen LogP contribution < -0.4 is 5.32 Å². The number of halogens is 2. The Balaban J connectivity index is 2.08. The molecular formula is C15H13ClFNO. The number of hydrogen-bond acceptors (Lipinski definition) is 1. The predicted molar refractivity (Wildman–Crippen MR) is 74.9 cm³/mol. The minimum Gasteiger partial charge on any atom is -0.323 e. The predicted octanol–water partition coefficient (Wildman–Crippen LogP) is 3.97. The first-order valence-corrected chi connectivity index (χ1v) is 6.23. The summed E-state index contributed by atoms with van der Waals surface area (Å²) in [5, 5.41) is 2.84. The highest BCUT2D eigenvalue weighted by Crippen LogP contribution is 2.19. The fourth-order valence-corrected chi connectivity index (χ4v) is 1.93. The molecule has 2 rings (SSSR count). The molecular weight excluding hydrogens is 265 g/mol. The van der Waals surface area contributed by atoms with Crippen molar-refractivity contribution >= 4 is 23.2 Å². The second-order valence-corrected chi connectivity index (χ2v) is 4.71. The molecule has 0 aliphatic heterocycles. The van der Waals surface area contributed by atoms with Crippen LogP contribution >= 0.6 is 11.6 Å². The van der Waals surface area contributed by atoms with Crippen molar-refractivity contribution < 1.29 is 9.18 Å². The van der Waals surface area contributed by atoms with Crippen LogP contribution in [0.2, 0.25) is 5.02 Å². The van der Waals surface area contributed by atoms with Crippen LogP contribution in [-0.2, 0) is 11.2 Å². The maximum Gasteiger partial charge on any atom is 0.228 e. The molecule has 2 nitrogen and oxygen atoms in total. The Morgan fingerprint density at radius 1 is 1.26 bits per heavy atom. The average Bonchev–Trinajstić information content (AvgIpc) is 2.36. The summed E-state index contributed by atoms with van der Waals surface area (Å²) in [4.78, 5) is 11.9. The van der Waals surface area contributed by atoms with E-state index in [4.69, 9.17) is 11.6 Å². The van der Waals surface area contributed by atoms with Crippen molar-refractivity contribution in [3.8, 4) is 0 Å². The first-order valence-electron chi connectivity index (χ1n) is 5.85. The molecule has 0 fully saturated rings. The second-order valence-electron chi connectivity index (χ2n) is 4.28. The molecule has 1 amide bonds. The molecule has 0 saturated heterocycles. The van der Waals surface area contributed by atoms with Crippen molar-refractivity contribution in [2.75, 3.05) is 5.32 Å². The third-order valence-corrected chi connectivity index (χ3v) is 3.05. The molecule has 0 heterocycles. The van der Waals surface area contributed by atoms with E-state index in [1.165, 1.54) is 18.2 Å². The molecule has 0 saturated carbocycles. The zero-order chi connectivity index (χ0) is 13.8. The summed E-state index contributed by atoms with van der Waals surface area (Å²) in [6.07, 6.45) is 0.217. The second kappa shape index (κ2) is 5.85. The summed E-state index contributed by atoms with van der Waals surface area (Å²) < 4.78 is 13.5. The van der Waals surface area contributed by atoms with Crippen molar-refractivity contribution in [3.05, 3.63) is 64.4 Å². The lowest BCUT2D eigenvalue weighted by molar-refractivity contribution is -0.115.